The lowest BCUT2D eigenvalue weighted by Crippen LogP contribution is -2.46. The Labute approximate surface area is 164 Å². The van der Waals surface area contributed by atoms with E-state index in [4.69, 9.17) is 9.47 Å². The van der Waals surface area contributed by atoms with Crippen molar-refractivity contribution >= 4 is 23.6 Å². The molecule has 0 bridgehead atoms. The van der Waals surface area contributed by atoms with Crippen LogP contribution in [0.4, 0.5) is 0 Å². The zero-order valence-electron chi connectivity index (χ0n) is 15.9. The highest BCUT2D eigenvalue weighted by Crippen LogP contribution is 2.47. The van der Waals surface area contributed by atoms with Crippen LogP contribution in [-0.2, 0) is 9.53 Å². The van der Waals surface area contributed by atoms with Gasteiger partial charge >= 0.3 is 5.97 Å². The standard InChI is InChI=1S/C21H27NO4S/c1-15(23)26-17-7-10-21(11-8-17,16-9-12-27-13-16)14-22-20(24)18-5-3-4-6-19(18)25-2/h3-6,9,12,16-17H,7-8,10-11,13-14H2,1-2H3,(H,22,24)/t16?,17-,21-. The molecule has 1 aliphatic heterocycles. The molecule has 1 heterocycles. The van der Waals surface area contributed by atoms with Gasteiger partial charge in [-0.05, 0) is 54.6 Å². The van der Waals surface area contributed by atoms with Crippen molar-refractivity contribution < 1.29 is 19.1 Å². The van der Waals surface area contributed by atoms with Crippen molar-refractivity contribution in [2.45, 2.75) is 38.7 Å². The Morgan fingerprint density at radius 1 is 1.26 bits per heavy atom. The zero-order valence-corrected chi connectivity index (χ0v) is 16.7. The summed E-state index contributed by atoms with van der Waals surface area (Å²) >= 11 is 1.82. The second-order valence-electron chi connectivity index (χ2n) is 7.32. The molecule has 1 saturated carbocycles. The number of thioether (sulfide) groups is 1. The number of allylic oxidation sites excluding steroid dienone is 1. The number of methoxy groups -OCH3 is 1. The molecule has 1 atom stereocenters. The second-order valence-corrected chi connectivity index (χ2v) is 8.26. The Kier molecular flexibility index (Phi) is 6.47. The Balaban J connectivity index is 1.69. The van der Waals surface area contributed by atoms with Crippen LogP contribution in [0.2, 0.25) is 0 Å². The highest BCUT2D eigenvalue weighted by molar-refractivity contribution is 8.02. The molecule has 1 unspecified atom stereocenters. The minimum atomic E-state index is -0.215. The number of ether oxygens (including phenoxy) is 2. The molecule has 3 rings (SSSR count). The summed E-state index contributed by atoms with van der Waals surface area (Å²) in [6.07, 6.45) is 5.84. The topological polar surface area (TPSA) is 64.6 Å². The van der Waals surface area contributed by atoms with Crippen LogP contribution in [-0.4, -0.2) is 37.4 Å². The monoisotopic (exact) mass is 389 g/mol. The van der Waals surface area contributed by atoms with Gasteiger partial charge in [-0.2, -0.15) is 0 Å². The molecule has 1 aliphatic carbocycles. The number of benzene rings is 1. The third-order valence-corrected chi connectivity index (χ3v) is 6.58. The molecule has 1 fully saturated rings. The molecule has 27 heavy (non-hydrogen) atoms. The van der Waals surface area contributed by atoms with Crippen molar-refractivity contribution in [1.29, 1.82) is 0 Å². The molecule has 0 aromatic heterocycles. The first-order chi connectivity index (χ1) is 13.0. The first kappa shape index (κ1) is 19.8. The molecule has 1 N–H and O–H groups in total. The number of nitrogens with one attached hydrogen (secondary N) is 1. The van der Waals surface area contributed by atoms with Crippen LogP contribution >= 0.6 is 11.8 Å². The minimum absolute atomic E-state index is 0.00132. The smallest absolute Gasteiger partial charge is 0.302 e. The fraction of sp³-hybridized carbons (Fsp3) is 0.524. The number of hydrogen-bond donors (Lipinski definition) is 1. The van der Waals surface area contributed by atoms with Crippen LogP contribution in [0.15, 0.2) is 35.7 Å². The lowest BCUT2D eigenvalue weighted by atomic mass is 9.65. The Morgan fingerprint density at radius 3 is 2.63 bits per heavy atom. The van der Waals surface area contributed by atoms with E-state index in [1.165, 1.54) is 6.92 Å². The van der Waals surface area contributed by atoms with Crippen LogP contribution < -0.4 is 10.1 Å². The van der Waals surface area contributed by atoms with E-state index in [1.54, 1.807) is 19.2 Å². The molecule has 2 aliphatic rings. The summed E-state index contributed by atoms with van der Waals surface area (Å²) in [6.45, 7) is 2.08. The molecule has 146 valence electrons. The van der Waals surface area contributed by atoms with Gasteiger partial charge in [-0.25, -0.2) is 0 Å². The summed E-state index contributed by atoms with van der Waals surface area (Å²) in [5, 5.41) is 5.31. The van der Waals surface area contributed by atoms with Crippen LogP contribution in [0.25, 0.3) is 0 Å². The zero-order chi connectivity index (χ0) is 19.3. The van der Waals surface area contributed by atoms with Gasteiger partial charge in [0.15, 0.2) is 0 Å². The highest BCUT2D eigenvalue weighted by atomic mass is 32.2. The highest BCUT2D eigenvalue weighted by Gasteiger charge is 2.42. The Bertz CT molecular complexity index is 710. The van der Waals surface area contributed by atoms with Crippen molar-refractivity contribution in [3.8, 4) is 5.75 Å². The molecule has 6 heteroatoms. The fourth-order valence-electron chi connectivity index (χ4n) is 4.13. The first-order valence-electron chi connectivity index (χ1n) is 9.41. The molecule has 1 aromatic rings. The fourth-order valence-corrected chi connectivity index (χ4v) is 5.21. The van der Waals surface area contributed by atoms with E-state index in [2.05, 4.69) is 16.8 Å². The summed E-state index contributed by atoms with van der Waals surface area (Å²) in [5.41, 5.74) is 0.564. The predicted octanol–water partition coefficient (Wildman–Crippen LogP) is 3.79. The van der Waals surface area contributed by atoms with E-state index in [1.807, 2.05) is 23.9 Å². The summed E-state index contributed by atoms with van der Waals surface area (Å²) in [6, 6.07) is 7.27. The molecular formula is C21H27NO4S. The summed E-state index contributed by atoms with van der Waals surface area (Å²) in [4.78, 5) is 24.0. The predicted molar refractivity (Wildman–Crippen MR) is 107 cm³/mol. The average Bonchev–Trinajstić information content (AvgIpc) is 3.22. The number of hydrogen-bond acceptors (Lipinski definition) is 5. The third kappa shape index (κ3) is 4.67. The SMILES string of the molecule is COc1ccccc1C(=O)NC[C@]1(C2C=CSC2)CC[C@H](OC(C)=O)CC1. The quantitative estimate of drug-likeness (QED) is 0.750. The number of rotatable bonds is 6. The van der Waals surface area contributed by atoms with E-state index < -0.39 is 0 Å². The maximum Gasteiger partial charge on any atom is 0.302 e. The maximum atomic E-state index is 12.8. The summed E-state index contributed by atoms with van der Waals surface area (Å²) in [5.74, 6) is 1.73. The minimum Gasteiger partial charge on any atom is -0.496 e. The van der Waals surface area contributed by atoms with Crippen molar-refractivity contribution in [2.75, 3.05) is 19.4 Å². The largest absolute Gasteiger partial charge is 0.496 e. The molecule has 0 spiro atoms. The maximum absolute atomic E-state index is 12.8. The van der Waals surface area contributed by atoms with Crippen molar-refractivity contribution in [3.05, 3.63) is 41.3 Å². The van der Waals surface area contributed by atoms with Crippen molar-refractivity contribution in [2.24, 2.45) is 11.3 Å². The van der Waals surface area contributed by atoms with Crippen molar-refractivity contribution in [3.63, 3.8) is 0 Å². The summed E-state index contributed by atoms with van der Waals surface area (Å²) in [7, 11) is 1.57. The lowest BCUT2D eigenvalue weighted by Gasteiger charge is -2.43. The van der Waals surface area contributed by atoms with Crippen LogP contribution in [0.3, 0.4) is 0 Å². The van der Waals surface area contributed by atoms with Crippen LogP contribution in [0, 0.1) is 11.3 Å². The van der Waals surface area contributed by atoms with Crippen LogP contribution in [0.1, 0.15) is 43.0 Å². The number of esters is 1. The van der Waals surface area contributed by atoms with Crippen molar-refractivity contribution in [1.82, 2.24) is 5.32 Å². The molecule has 5 nitrogen and oxygen atoms in total. The third-order valence-electron chi connectivity index (χ3n) is 5.68. The van der Waals surface area contributed by atoms with Gasteiger partial charge in [0.25, 0.3) is 5.91 Å². The second kappa shape index (κ2) is 8.83. The lowest BCUT2D eigenvalue weighted by molar-refractivity contribution is -0.149. The van der Waals surface area contributed by atoms with Crippen LogP contribution in [0.5, 0.6) is 5.75 Å². The van der Waals surface area contributed by atoms with E-state index in [0.717, 1.165) is 31.4 Å². The van der Waals surface area contributed by atoms with Gasteiger partial charge in [0.2, 0.25) is 0 Å². The number of amides is 1. The van der Waals surface area contributed by atoms with E-state index in [0.29, 0.717) is 23.8 Å². The van der Waals surface area contributed by atoms with Gasteiger partial charge in [0, 0.05) is 19.2 Å². The normalized spacial score (nSPS) is 27.2. The first-order valence-corrected chi connectivity index (χ1v) is 10.5. The van der Waals surface area contributed by atoms with Gasteiger partial charge in [-0.1, -0.05) is 18.2 Å². The number of carbonyl (C=O) groups is 2. The van der Waals surface area contributed by atoms with Gasteiger partial charge < -0.3 is 14.8 Å². The Hall–Kier alpha value is -1.95. The van der Waals surface area contributed by atoms with Gasteiger partial charge in [0.05, 0.1) is 12.7 Å². The molecule has 1 aromatic carbocycles. The average molecular weight is 390 g/mol. The number of para-hydroxylation sites is 1. The van der Waals surface area contributed by atoms with Gasteiger partial charge in [0.1, 0.15) is 11.9 Å². The summed E-state index contributed by atoms with van der Waals surface area (Å²) < 4.78 is 10.7. The number of carbonyl (C=O) groups excluding carboxylic acids is 2. The van der Waals surface area contributed by atoms with Gasteiger partial charge in [-0.15, -0.1) is 11.8 Å². The molecule has 0 radical (unpaired) electrons. The molecule has 0 saturated heterocycles. The Morgan fingerprint density at radius 2 is 2.00 bits per heavy atom. The van der Waals surface area contributed by atoms with E-state index in [9.17, 15) is 9.59 Å². The molecule has 1 amide bonds. The van der Waals surface area contributed by atoms with E-state index >= 15 is 0 Å². The molecular weight excluding hydrogens is 362 g/mol. The van der Waals surface area contributed by atoms with E-state index in [-0.39, 0.29) is 23.4 Å². The van der Waals surface area contributed by atoms with Gasteiger partial charge in [-0.3, -0.25) is 9.59 Å².